The van der Waals surface area contributed by atoms with E-state index in [0.29, 0.717) is 40.6 Å². The van der Waals surface area contributed by atoms with Crippen LogP contribution in [-0.4, -0.2) is 47.9 Å². The summed E-state index contributed by atoms with van der Waals surface area (Å²) >= 11 is 0. The van der Waals surface area contributed by atoms with Crippen molar-refractivity contribution in [1.82, 2.24) is 14.8 Å². The van der Waals surface area contributed by atoms with Gasteiger partial charge in [-0.05, 0) is 35.4 Å². The van der Waals surface area contributed by atoms with Crippen molar-refractivity contribution in [2.24, 2.45) is 0 Å². The summed E-state index contributed by atoms with van der Waals surface area (Å²) in [6, 6.07) is 20.4. The molecule has 1 aliphatic heterocycles. The Balaban J connectivity index is 1.77. The molecule has 1 aliphatic rings. The van der Waals surface area contributed by atoms with E-state index >= 15 is 0 Å². The second-order valence-electron chi connectivity index (χ2n) is 7.65. The molecule has 0 bridgehead atoms. The summed E-state index contributed by atoms with van der Waals surface area (Å²) in [4.78, 5) is 34.4. The van der Waals surface area contributed by atoms with Crippen LogP contribution >= 0.6 is 0 Å². The van der Waals surface area contributed by atoms with E-state index < -0.39 is 0 Å². The summed E-state index contributed by atoms with van der Waals surface area (Å²) in [6.45, 7) is 0.571. The van der Waals surface area contributed by atoms with Crippen molar-refractivity contribution < 1.29 is 19.1 Å². The molecule has 0 N–H and O–H groups in total. The minimum atomic E-state index is -0.368. The van der Waals surface area contributed by atoms with Gasteiger partial charge in [0, 0.05) is 19.8 Å². The highest BCUT2D eigenvalue weighted by Crippen LogP contribution is 2.36. The van der Waals surface area contributed by atoms with Gasteiger partial charge in [-0.3, -0.25) is 19.5 Å². The van der Waals surface area contributed by atoms with E-state index in [9.17, 15) is 9.59 Å². The number of ether oxygens (including phenoxy) is 2. The van der Waals surface area contributed by atoms with Gasteiger partial charge in [0.1, 0.15) is 5.70 Å². The molecule has 0 aliphatic carbocycles. The van der Waals surface area contributed by atoms with E-state index in [1.54, 1.807) is 43.6 Å². The second kappa shape index (κ2) is 9.56. The molecule has 2 amide bonds. The van der Waals surface area contributed by atoms with Crippen LogP contribution in [0.4, 0.5) is 0 Å². The third-order valence-corrected chi connectivity index (χ3v) is 5.51. The monoisotopic (exact) mass is 443 g/mol. The van der Waals surface area contributed by atoms with Gasteiger partial charge in [-0.1, -0.05) is 42.5 Å². The fourth-order valence-electron chi connectivity index (χ4n) is 3.90. The topological polar surface area (TPSA) is 72.0 Å². The van der Waals surface area contributed by atoms with Gasteiger partial charge in [0.05, 0.1) is 32.0 Å². The number of aromatic nitrogens is 1. The van der Waals surface area contributed by atoms with Crippen molar-refractivity contribution in [1.29, 1.82) is 0 Å². The Hall–Kier alpha value is -4.13. The average molecular weight is 444 g/mol. The van der Waals surface area contributed by atoms with Crippen LogP contribution in [-0.2, 0) is 22.7 Å². The molecule has 0 radical (unpaired) electrons. The lowest BCUT2D eigenvalue weighted by Gasteiger charge is -2.21. The van der Waals surface area contributed by atoms with Gasteiger partial charge < -0.3 is 14.4 Å². The van der Waals surface area contributed by atoms with Crippen molar-refractivity contribution in [3.8, 4) is 11.5 Å². The molecule has 0 unspecified atom stereocenters. The van der Waals surface area contributed by atoms with Gasteiger partial charge >= 0.3 is 0 Å². The second-order valence-corrected chi connectivity index (χ2v) is 7.65. The number of imide groups is 1. The van der Waals surface area contributed by atoms with Crippen LogP contribution in [0.1, 0.15) is 16.8 Å². The number of nitrogens with zero attached hydrogens (tertiary/aromatic N) is 3. The Morgan fingerprint density at radius 3 is 2.27 bits per heavy atom. The highest BCUT2D eigenvalue weighted by molar-refractivity contribution is 6.35. The third-order valence-electron chi connectivity index (χ3n) is 5.51. The Morgan fingerprint density at radius 2 is 1.61 bits per heavy atom. The van der Waals surface area contributed by atoms with Crippen LogP contribution in [0.5, 0.6) is 11.5 Å². The highest BCUT2D eigenvalue weighted by Gasteiger charge is 2.41. The van der Waals surface area contributed by atoms with Gasteiger partial charge in [0.15, 0.2) is 11.5 Å². The van der Waals surface area contributed by atoms with Crippen LogP contribution in [0.2, 0.25) is 0 Å². The van der Waals surface area contributed by atoms with Crippen molar-refractivity contribution in [2.75, 3.05) is 21.3 Å². The number of amides is 2. The van der Waals surface area contributed by atoms with Crippen LogP contribution in [0.15, 0.2) is 78.6 Å². The molecule has 0 saturated carbocycles. The summed E-state index contributed by atoms with van der Waals surface area (Å²) in [6.07, 6.45) is 1.64. The van der Waals surface area contributed by atoms with Crippen LogP contribution < -0.4 is 9.47 Å². The van der Waals surface area contributed by atoms with Gasteiger partial charge in [-0.25, -0.2) is 0 Å². The zero-order chi connectivity index (χ0) is 23.4. The van der Waals surface area contributed by atoms with Crippen LogP contribution in [0.25, 0.3) is 5.57 Å². The third kappa shape index (κ3) is 4.43. The molecule has 2 heterocycles. The average Bonchev–Trinajstić information content (AvgIpc) is 3.09. The predicted octanol–water partition coefficient (Wildman–Crippen LogP) is 3.51. The lowest BCUT2D eigenvalue weighted by atomic mass is 10.0. The highest BCUT2D eigenvalue weighted by atomic mass is 16.5. The van der Waals surface area contributed by atoms with Gasteiger partial charge in [-0.15, -0.1) is 0 Å². The summed E-state index contributed by atoms with van der Waals surface area (Å²) in [5.41, 5.74) is 2.92. The van der Waals surface area contributed by atoms with E-state index in [4.69, 9.17) is 9.47 Å². The van der Waals surface area contributed by atoms with Gasteiger partial charge in [-0.2, -0.15) is 0 Å². The maximum atomic E-state index is 13.6. The van der Waals surface area contributed by atoms with Crippen molar-refractivity contribution in [3.05, 3.63) is 95.4 Å². The molecule has 168 valence electrons. The molecule has 0 saturated heterocycles. The first-order valence-corrected chi connectivity index (χ1v) is 10.5. The summed E-state index contributed by atoms with van der Waals surface area (Å²) in [5.74, 6) is 0.306. The molecule has 0 fully saturated rings. The number of pyridine rings is 1. The number of likely N-dealkylation sites (N-methyl/N-ethyl adjacent to an activating group) is 1. The quantitative estimate of drug-likeness (QED) is 0.496. The first-order chi connectivity index (χ1) is 16.0. The number of hydrogen-bond donors (Lipinski definition) is 0. The number of carbonyl (C=O) groups is 2. The molecule has 3 aromatic rings. The van der Waals surface area contributed by atoms with Crippen molar-refractivity contribution in [3.63, 3.8) is 0 Å². The Labute approximate surface area is 192 Å². The molecule has 7 heteroatoms. The fourth-order valence-corrected chi connectivity index (χ4v) is 3.90. The van der Waals surface area contributed by atoms with Crippen LogP contribution in [0, 0.1) is 0 Å². The molecule has 1 aromatic heterocycles. The van der Waals surface area contributed by atoms with E-state index in [1.165, 1.54) is 12.0 Å². The first kappa shape index (κ1) is 22.1. The fraction of sp³-hybridized carbons (Fsp3) is 0.192. The summed E-state index contributed by atoms with van der Waals surface area (Å²) in [7, 11) is 4.90. The Morgan fingerprint density at radius 1 is 0.879 bits per heavy atom. The standard InChI is InChI=1S/C26H25N3O4/c1-28(16-18-9-5-4-6-10-18)24-23(19-12-13-21(32-2)22(15-19)33-3)25(30)29(26(24)31)17-20-11-7-8-14-27-20/h4-15H,16-17H2,1-3H3. The van der Waals surface area contributed by atoms with E-state index in [0.717, 1.165) is 5.56 Å². The first-order valence-electron chi connectivity index (χ1n) is 10.5. The van der Waals surface area contributed by atoms with E-state index in [2.05, 4.69) is 4.98 Å². The molecule has 7 nitrogen and oxygen atoms in total. The SMILES string of the molecule is COc1ccc(C2=C(N(C)Cc3ccccc3)C(=O)N(Cc3ccccn3)C2=O)cc1OC. The van der Waals surface area contributed by atoms with E-state index in [-0.39, 0.29) is 18.4 Å². The largest absolute Gasteiger partial charge is 0.493 e. The molecular formula is C26H25N3O4. The number of methoxy groups -OCH3 is 2. The number of carbonyl (C=O) groups excluding carboxylic acids is 2. The smallest absolute Gasteiger partial charge is 0.278 e. The normalized spacial score (nSPS) is 13.5. The lowest BCUT2D eigenvalue weighted by Crippen LogP contribution is -2.33. The number of benzene rings is 2. The predicted molar refractivity (Wildman–Crippen MR) is 124 cm³/mol. The molecule has 33 heavy (non-hydrogen) atoms. The number of hydrogen-bond acceptors (Lipinski definition) is 6. The van der Waals surface area contributed by atoms with Gasteiger partial charge in [0.25, 0.3) is 11.8 Å². The molecular weight excluding hydrogens is 418 g/mol. The molecule has 4 rings (SSSR count). The molecule has 0 atom stereocenters. The molecule has 0 spiro atoms. The molecule has 2 aromatic carbocycles. The maximum Gasteiger partial charge on any atom is 0.278 e. The minimum Gasteiger partial charge on any atom is -0.493 e. The van der Waals surface area contributed by atoms with Gasteiger partial charge in [0.2, 0.25) is 0 Å². The Bertz CT molecular complexity index is 1190. The zero-order valence-electron chi connectivity index (χ0n) is 18.8. The minimum absolute atomic E-state index is 0.0952. The lowest BCUT2D eigenvalue weighted by molar-refractivity contribution is -0.138. The summed E-state index contributed by atoms with van der Waals surface area (Å²) < 4.78 is 10.8. The van der Waals surface area contributed by atoms with E-state index in [1.807, 2.05) is 48.3 Å². The van der Waals surface area contributed by atoms with Crippen LogP contribution in [0.3, 0.4) is 0 Å². The maximum absolute atomic E-state index is 13.6. The van der Waals surface area contributed by atoms with Crippen molar-refractivity contribution in [2.45, 2.75) is 13.1 Å². The Kier molecular flexibility index (Phi) is 6.40. The zero-order valence-corrected chi connectivity index (χ0v) is 18.8. The van der Waals surface area contributed by atoms with Crippen molar-refractivity contribution >= 4 is 17.4 Å². The number of rotatable bonds is 8. The summed E-state index contributed by atoms with van der Waals surface area (Å²) in [5, 5.41) is 0.